The number of hydrogen-bond donors (Lipinski definition) is 1. The lowest BCUT2D eigenvalue weighted by Gasteiger charge is -2.39. The fourth-order valence-electron chi connectivity index (χ4n) is 2.71. The summed E-state index contributed by atoms with van der Waals surface area (Å²) in [5.74, 6) is 0.403. The highest BCUT2D eigenvalue weighted by Gasteiger charge is 2.32. The highest BCUT2D eigenvalue weighted by Crippen LogP contribution is 2.35. The molecule has 20 heavy (non-hydrogen) atoms. The zero-order valence-corrected chi connectivity index (χ0v) is 13.8. The largest absolute Gasteiger partial charge is 0.391 e. The molecule has 0 aliphatic carbocycles. The highest BCUT2D eigenvalue weighted by atomic mass is 32.1. The molecule has 1 aromatic rings. The standard InChI is InChI=1S/C15H26N2O2S/c1-5-11(2)13-12(9-18)20-14(16-13)17-8-6-7-15(3,10-17)19-4/h11,18H,5-10H2,1-4H3. The number of hydrogen-bond acceptors (Lipinski definition) is 5. The number of ether oxygens (including phenoxy) is 1. The van der Waals surface area contributed by atoms with E-state index in [0.717, 1.165) is 48.1 Å². The Balaban J connectivity index is 2.22. The van der Waals surface area contributed by atoms with Crippen LogP contribution in [0, 0.1) is 0 Å². The Morgan fingerprint density at radius 2 is 2.30 bits per heavy atom. The van der Waals surface area contributed by atoms with Crippen molar-refractivity contribution in [3.05, 3.63) is 10.6 Å². The van der Waals surface area contributed by atoms with E-state index in [4.69, 9.17) is 9.72 Å². The van der Waals surface area contributed by atoms with Gasteiger partial charge in [0.05, 0.1) is 22.8 Å². The van der Waals surface area contributed by atoms with Crippen molar-refractivity contribution in [3.8, 4) is 0 Å². The number of piperidine rings is 1. The summed E-state index contributed by atoms with van der Waals surface area (Å²) in [5, 5.41) is 10.6. The molecule has 114 valence electrons. The van der Waals surface area contributed by atoms with Crippen LogP contribution in [0.25, 0.3) is 0 Å². The summed E-state index contributed by atoms with van der Waals surface area (Å²) in [4.78, 5) is 8.13. The number of nitrogens with zero attached hydrogens (tertiary/aromatic N) is 2. The lowest BCUT2D eigenvalue weighted by Crippen LogP contribution is -2.47. The molecule has 0 spiro atoms. The molecular weight excluding hydrogens is 272 g/mol. The predicted octanol–water partition coefficient (Wildman–Crippen LogP) is 3.15. The van der Waals surface area contributed by atoms with Gasteiger partial charge in [0.2, 0.25) is 0 Å². The van der Waals surface area contributed by atoms with Crippen LogP contribution in [0.2, 0.25) is 0 Å². The SMILES string of the molecule is CCC(C)c1nc(N2CCCC(C)(OC)C2)sc1CO. The highest BCUT2D eigenvalue weighted by molar-refractivity contribution is 7.15. The second-order valence-electron chi connectivity index (χ2n) is 5.95. The molecule has 2 atom stereocenters. The van der Waals surface area contributed by atoms with E-state index < -0.39 is 0 Å². The molecule has 0 bridgehead atoms. The van der Waals surface area contributed by atoms with Crippen LogP contribution in [0.15, 0.2) is 0 Å². The minimum atomic E-state index is -0.0835. The van der Waals surface area contributed by atoms with E-state index in [9.17, 15) is 5.11 Å². The summed E-state index contributed by atoms with van der Waals surface area (Å²) in [7, 11) is 1.79. The van der Waals surface area contributed by atoms with Crippen LogP contribution in [0.1, 0.15) is 56.5 Å². The molecule has 0 radical (unpaired) electrons. The number of aliphatic hydroxyl groups excluding tert-OH is 1. The van der Waals surface area contributed by atoms with Gasteiger partial charge in [-0.05, 0) is 32.1 Å². The Hall–Kier alpha value is -0.650. The molecule has 1 aromatic heterocycles. The van der Waals surface area contributed by atoms with Crippen LogP contribution in [-0.2, 0) is 11.3 Å². The first-order chi connectivity index (χ1) is 9.53. The van der Waals surface area contributed by atoms with E-state index >= 15 is 0 Å². The minimum Gasteiger partial charge on any atom is -0.391 e. The maximum absolute atomic E-state index is 9.55. The molecule has 2 rings (SSSR count). The monoisotopic (exact) mass is 298 g/mol. The molecule has 1 aliphatic heterocycles. The number of aliphatic hydroxyl groups is 1. The van der Waals surface area contributed by atoms with Crippen molar-refractivity contribution < 1.29 is 9.84 Å². The Morgan fingerprint density at radius 1 is 1.55 bits per heavy atom. The van der Waals surface area contributed by atoms with Gasteiger partial charge in [-0.1, -0.05) is 25.2 Å². The Labute approximate surface area is 125 Å². The summed E-state index contributed by atoms with van der Waals surface area (Å²) in [5.41, 5.74) is 0.986. The third kappa shape index (κ3) is 3.15. The molecule has 1 aliphatic rings. The van der Waals surface area contributed by atoms with Crippen molar-refractivity contribution in [2.45, 2.75) is 58.2 Å². The second-order valence-corrected chi connectivity index (χ2v) is 7.01. The molecule has 1 fully saturated rings. The van der Waals surface area contributed by atoms with Crippen LogP contribution in [0.5, 0.6) is 0 Å². The van der Waals surface area contributed by atoms with Gasteiger partial charge in [0, 0.05) is 20.2 Å². The number of anilines is 1. The number of aromatic nitrogens is 1. The molecule has 5 heteroatoms. The van der Waals surface area contributed by atoms with Crippen LogP contribution >= 0.6 is 11.3 Å². The van der Waals surface area contributed by atoms with Crippen molar-refractivity contribution in [1.82, 2.24) is 4.98 Å². The van der Waals surface area contributed by atoms with Gasteiger partial charge >= 0.3 is 0 Å². The molecule has 0 amide bonds. The van der Waals surface area contributed by atoms with Gasteiger partial charge in [0.1, 0.15) is 0 Å². The first-order valence-electron chi connectivity index (χ1n) is 7.43. The van der Waals surface area contributed by atoms with Gasteiger partial charge < -0.3 is 14.7 Å². The maximum atomic E-state index is 9.55. The van der Waals surface area contributed by atoms with Gasteiger partial charge in [-0.15, -0.1) is 0 Å². The average Bonchev–Trinajstić information content (AvgIpc) is 2.91. The Bertz CT molecular complexity index is 449. The lowest BCUT2D eigenvalue weighted by atomic mass is 9.95. The third-order valence-electron chi connectivity index (χ3n) is 4.36. The molecule has 2 heterocycles. The smallest absolute Gasteiger partial charge is 0.185 e. The van der Waals surface area contributed by atoms with Gasteiger partial charge in [0.25, 0.3) is 0 Å². The number of rotatable bonds is 5. The zero-order chi connectivity index (χ0) is 14.8. The third-order valence-corrected chi connectivity index (χ3v) is 5.48. The molecule has 1 N–H and O–H groups in total. The molecule has 4 nitrogen and oxygen atoms in total. The molecular formula is C15H26N2O2S. The minimum absolute atomic E-state index is 0.0835. The number of thiazole rings is 1. The topological polar surface area (TPSA) is 45.6 Å². The van der Waals surface area contributed by atoms with Gasteiger partial charge in [-0.2, -0.15) is 0 Å². The summed E-state index contributed by atoms with van der Waals surface area (Å²) in [6, 6.07) is 0. The van der Waals surface area contributed by atoms with E-state index in [1.54, 1.807) is 18.4 Å². The maximum Gasteiger partial charge on any atom is 0.185 e. The first kappa shape index (κ1) is 15.7. The van der Waals surface area contributed by atoms with E-state index in [-0.39, 0.29) is 12.2 Å². The van der Waals surface area contributed by atoms with Crippen molar-refractivity contribution >= 4 is 16.5 Å². The quantitative estimate of drug-likeness (QED) is 0.907. The zero-order valence-electron chi connectivity index (χ0n) is 13.0. The van der Waals surface area contributed by atoms with Gasteiger partial charge in [0.15, 0.2) is 5.13 Å². The normalized spacial score (nSPS) is 24.9. The van der Waals surface area contributed by atoms with Crippen molar-refractivity contribution in [1.29, 1.82) is 0 Å². The summed E-state index contributed by atoms with van der Waals surface area (Å²) < 4.78 is 5.65. The Kier molecular flexibility index (Phi) is 5.04. The van der Waals surface area contributed by atoms with E-state index in [2.05, 4.69) is 25.7 Å². The van der Waals surface area contributed by atoms with E-state index in [1.165, 1.54) is 0 Å². The lowest BCUT2D eigenvalue weighted by molar-refractivity contribution is -0.00466. The van der Waals surface area contributed by atoms with Crippen molar-refractivity contribution in [2.75, 3.05) is 25.1 Å². The Morgan fingerprint density at radius 3 is 2.90 bits per heavy atom. The van der Waals surface area contributed by atoms with E-state index in [1.807, 2.05) is 0 Å². The van der Waals surface area contributed by atoms with Crippen LogP contribution in [0.3, 0.4) is 0 Å². The molecule has 0 aromatic carbocycles. The van der Waals surface area contributed by atoms with Crippen LogP contribution in [-0.4, -0.2) is 35.9 Å². The average molecular weight is 298 g/mol. The molecule has 2 unspecified atom stereocenters. The molecule has 0 saturated carbocycles. The van der Waals surface area contributed by atoms with Crippen LogP contribution < -0.4 is 4.90 Å². The summed E-state index contributed by atoms with van der Waals surface area (Å²) in [6.07, 6.45) is 3.26. The fraction of sp³-hybridized carbons (Fsp3) is 0.800. The van der Waals surface area contributed by atoms with E-state index in [0.29, 0.717) is 5.92 Å². The van der Waals surface area contributed by atoms with Gasteiger partial charge in [-0.25, -0.2) is 4.98 Å². The second kappa shape index (κ2) is 6.41. The molecule has 1 saturated heterocycles. The predicted molar refractivity (Wildman–Crippen MR) is 83.6 cm³/mol. The van der Waals surface area contributed by atoms with Crippen molar-refractivity contribution in [3.63, 3.8) is 0 Å². The first-order valence-corrected chi connectivity index (χ1v) is 8.25. The fourth-order valence-corrected chi connectivity index (χ4v) is 3.78. The van der Waals surface area contributed by atoms with Crippen LogP contribution in [0.4, 0.5) is 5.13 Å². The van der Waals surface area contributed by atoms with Gasteiger partial charge in [-0.3, -0.25) is 0 Å². The summed E-state index contributed by atoms with van der Waals surface area (Å²) in [6.45, 7) is 8.49. The summed E-state index contributed by atoms with van der Waals surface area (Å²) >= 11 is 1.63. The van der Waals surface area contributed by atoms with Crippen molar-refractivity contribution in [2.24, 2.45) is 0 Å². The number of methoxy groups -OCH3 is 1.